The van der Waals surface area contributed by atoms with Gasteiger partial charge in [0.2, 0.25) is 5.91 Å². The van der Waals surface area contributed by atoms with Crippen LogP contribution >= 0.6 is 0 Å². The number of aromatic nitrogens is 2. The third-order valence-corrected chi connectivity index (χ3v) is 4.34. The summed E-state index contributed by atoms with van der Waals surface area (Å²) in [5, 5.41) is 3.00. The molecule has 0 aliphatic heterocycles. The summed E-state index contributed by atoms with van der Waals surface area (Å²) in [6.45, 7) is 7.06. The van der Waals surface area contributed by atoms with Crippen LogP contribution in [-0.4, -0.2) is 22.1 Å². The predicted molar refractivity (Wildman–Crippen MR) is 103 cm³/mol. The van der Waals surface area contributed by atoms with Crippen LogP contribution in [-0.2, 0) is 11.3 Å². The van der Waals surface area contributed by atoms with Crippen molar-refractivity contribution in [2.45, 2.75) is 39.8 Å². The van der Waals surface area contributed by atoms with Gasteiger partial charge < -0.3 is 14.6 Å². The molecule has 1 atom stereocenters. The topological polar surface area (TPSA) is 56.2 Å². The van der Waals surface area contributed by atoms with Crippen molar-refractivity contribution >= 4 is 16.9 Å². The number of benzene rings is 2. The fourth-order valence-electron chi connectivity index (χ4n) is 3.03. The number of ether oxygens (including phenoxy) is 1. The minimum atomic E-state index is -0.159. The highest BCUT2D eigenvalue weighted by atomic mass is 16.5. The van der Waals surface area contributed by atoms with Crippen LogP contribution in [0.15, 0.2) is 48.5 Å². The Morgan fingerprint density at radius 2 is 2.04 bits per heavy atom. The minimum absolute atomic E-state index is 0.0205. The Bertz CT molecular complexity index is 901. The van der Waals surface area contributed by atoms with E-state index in [0.717, 1.165) is 22.6 Å². The molecule has 0 bridgehead atoms. The van der Waals surface area contributed by atoms with E-state index in [1.54, 1.807) is 0 Å². The maximum atomic E-state index is 11.8. The summed E-state index contributed by atoms with van der Waals surface area (Å²) in [6, 6.07) is 15.9. The Kier molecular flexibility index (Phi) is 5.56. The number of rotatable bonds is 7. The number of nitrogens with zero attached hydrogens (tertiary/aromatic N) is 2. The number of carbonyl (C=O) groups is 1. The molecule has 0 aliphatic rings. The van der Waals surface area contributed by atoms with E-state index in [1.807, 2.05) is 69.3 Å². The normalized spacial score (nSPS) is 12.1. The van der Waals surface area contributed by atoms with E-state index in [4.69, 9.17) is 9.72 Å². The molecular formula is C21H25N3O2. The Morgan fingerprint density at radius 1 is 1.23 bits per heavy atom. The second-order valence-corrected chi connectivity index (χ2v) is 6.42. The molecular weight excluding hydrogens is 326 g/mol. The molecule has 5 heteroatoms. The van der Waals surface area contributed by atoms with Gasteiger partial charge in [-0.2, -0.15) is 0 Å². The lowest BCUT2D eigenvalue weighted by Crippen LogP contribution is -2.28. The number of aryl methyl sites for hydroxylation is 1. The quantitative estimate of drug-likeness (QED) is 0.700. The molecule has 0 aliphatic carbocycles. The second-order valence-electron chi connectivity index (χ2n) is 6.42. The first-order valence-electron chi connectivity index (χ1n) is 9.02. The molecule has 3 aromatic rings. The van der Waals surface area contributed by atoms with E-state index < -0.39 is 0 Å². The van der Waals surface area contributed by atoms with Gasteiger partial charge in [-0.15, -0.1) is 0 Å². The zero-order valence-electron chi connectivity index (χ0n) is 15.5. The summed E-state index contributed by atoms with van der Waals surface area (Å²) in [5.41, 5.74) is 3.15. The Hall–Kier alpha value is -2.82. The van der Waals surface area contributed by atoms with E-state index in [0.29, 0.717) is 19.6 Å². The summed E-state index contributed by atoms with van der Waals surface area (Å²) >= 11 is 0. The number of hydrogen-bond acceptors (Lipinski definition) is 3. The molecule has 2 aromatic carbocycles. The van der Waals surface area contributed by atoms with Gasteiger partial charge in [-0.05, 0) is 43.7 Å². The first kappa shape index (κ1) is 18.0. The molecule has 1 aromatic heterocycles. The van der Waals surface area contributed by atoms with Gasteiger partial charge in [-0.3, -0.25) is 4.79 Å². The van der Waals surface area contributed by atoms with E-state index >= 15 is 0 Å². The van der Waals surface area contributed by atoms with Gasteiger partial charge in [0.25, 0.3) is 0 Å². The lowest BCUT2D eigenvalue weighted by Gasteiger charge is -2.16. The van der Waals surface area contributed by atoms with Crippen molar-refractivity contribution in [3.05, 3.63) is 59.9 Å². The maximum absolute atomic E-state index is 11.8. The average molecular weight is 351 g/mol. The average Bonchev–Trinajstić information content (AvgIpc) is 3.01. The summed E-state index contributed by atoms with van der Waals surface area (Å²) in [6.07, 6.45) is 0.459. The number of carbonyl (C=O) groups excluding carboxylic acids is 1. The lowest BCUT2D eigenvalue weighted by molar-refractivity contribution is -0.121. The van der Waals surface area contributed by atoms with Crippen molar-refractivity contribution in [2.24, 2.45) is 0 Å². The van der Waals surface area contributed by atoms with Gasteiger partial charge in [0, 0.05) is 6.42 Å². The van der Waals surface area contributed by atoms with Crippen molar-refractivity contribution in [3.8, 4) is 5.75 Å². The minimum Gasteiger partial charge on any atom is -0.492 e. The number of hydrogen-bond donors (Lipinski definition) is 1. The molecule has 5 nitrogen and oxygen atoms in total. The second kappa shape index (κ2) is 8.04. The van der Waals surface area contributed by atoms with E-state index in [1.165, 1.54) is 5.56 Å². The number of nitrogens with one attached hydrogen (secondary N) is 1. The number of amides is 1. The van der Waals surface area contributed by atoms with E-state index in [-0.39, 0.29) is 11.9 Å². The molecule has 136 valence electrons. The molecule has 1 heterocycles. The Morgan fingerprint density at radius 3 is 2.81 bits per heavy atom. The standard InChI is InChI=1S/C21H25N3O2/c1-4-20(25)22-16(3)21-23-18-10-5-6-11-19(18)24(21)12-13-26-17-9-7-8-15(2)14-17/h5-11,14,16H,4,12-13H2,1-3H3,(H,22,25). The van der Waals surface area contributed by atoms with E-state index in [2.05, 4.69) is 9.88 Å². The largest absolute Gasteiger partial charge is 0.492 e. The van der Waals surface area contributed by atoms with Crippen molar-refractivity contribution in [3.63, 3.8) is 0 Å². The number of para-hydroxylation sites is 2. The van der Waals surface area contributed by atoms with Crippen LogP contribution in [0.4, 0.5) is 0 Å². The molecule has 26 heavy (non-hydrogen) atoms. The van der Waals surface area contributed by atoms with Crippen molar-refractivity contribution in [1.82, 2.24) is 14.9 Å². The Labute approximate surface area is 154 Å². The fourth-order valence-corrected chi connectivity index (χ4v) is 3.03. The van der Waals surface area contributed by atoms with Gasteiger partial charge in [-0.1, -0.05) is 31.2 Å². The van der Waals surface area contributed by atoms with Crippen LogP contribution in [0.25, 0.3) is 11.0 Å². The molecule has 0 spiro atoms. The van der Waals surface area contributed by atoms with Gasteiger partial charge >= 0.3 is 0 Å². The molecule has 1 amide bonds. The van der Waals surface area contributed by atoms with Crippen molar-refractivity contribution in [2.75, 3.05) is 6.61 Å². The molecule has 1 unspecified atom stereocenters. The zero-order chi connectivity index (χ0) is 18.5. The van der Waals surface area contributed by atoms with Crippen LogP contribution in [0.2, 0.25) is 0 Å². The lowest BCUT2D eigenvalue weighted by atomic mass is 10.2. The van der Waals surface area contributed by atoms with Crippen LogP contribution in [0.3, 0.4) is 0 Å². The Balaban J connectivity index is 1.81. The summed E-state index contributed by atoms with van der Waals surface area (Å²) in [4.78, 5) is 16.5. The molecule has 0 saturated carbocycles. The van der Waals surface area contributed by atoms with Gasteiger partial charge in [-0.25, -0.2) is 4.98 Å². The van der Waals surface area contributed by atoms with Gasteiger partial charge in [0.15, 0.2) is 0 Å². The fraction of sp³-hybridized carbons (Fsp3) is 0.333. The molecule has 0 radical (unpaired) electrons. The number of fused-ring (bicyclic) bond motifs is 1. The van der Waals surface area contributed by atoms with Crippen LogP contribution in [0.5, 0.6) is 5.75 Å². The number of imidazole rings is 1. The van der Waals surface area contributed by atoms with Crippen LogP contribution < -0.4 is 10.1 Å². The molecule has 0 saturated heterocycles. The summed E-state index contributed by atoms with van der Waals surface area (Å²) in [7, 11) is 0. The first-order chi connectivity index (χ1) is 12.6. The molecule has 0 fully saturated rings. The third-order valence-electron chi connectivity index (χ3n) is 4.34. The summed E-state index contributed by atoms with van der Waals surface area (Å²) < 4.78 is 8.04. The zero-order valence-corrected chi connectivity index (χ0v) is 15.5. The van der Waals surface area contributed by atoms with Crippen LogP contribution in [0.1, 0.15) is 37.7 Å². The molecule has 3 rings (SSSR count). The molecule has 1 N–H and O–H groups in total. The highest BCUT2D eigenvalue weighted by Crippen LogP contribution is 2.21. The van der Waals surface area contributed by atoms with E-state index in [9.17, 15) is 4.79 Å². The summed E-state index contributed by atoms with van der Waals surface area (Å²) in [5.74, 6) is 1.73. The maximum Gasteiger partial charge on any atom is 0.220 e. The van der Waals surface area contributed by atoms with Gasteiger partial charge in [0.1, 0.15) is 18.2 Å². The van der Waals surface area contributed by atoms with Crippen LogP contribution in [0, 0.1) is 6.92 Å². The SMILES string of the molecule is CCC(=O)NC(C)c1nc2ccccc2n1CCOc1cccc(C)c1. The van der Waals surface area contributed by atoms with Gasteiger partial charge in [0.05, 0.1) is 23.6 Å². The van der Waals surface area contributed by atoms with Crippen molar-refractivity contribution < 1.29 is 9.53 Å². The highest BCUT2D eigenvalue weighted by Gasteiger charge is 2.17. The van der Waals surface area contributed by atoms with Crippen molar-refractivity contribution in [1.29, 1.82) is 0 Å². The monoisotopic (exact) mass is 351 g/mol. The predicted octanol–water partition coefficient (Wildman–Crippen LogP) is 4.01. The first-order valence-corrected chi connectivity index (χ1v) is 9.02. The third kappa shape index (κ3) is 4.04. The smallest absolute Gasteiger partial charge is 0.220 e. The highest BCUT2D eigenvalue weighted by molar-refractivity contribution is 5.77.